The summed E-state index contributed by atoms with van der Waals surface area (Å²) in [6.07, 6.45) is 7.39. The van der Waals surface area contributed by atoms with Crippen LogP contribution < -0.4 is 0 Å². The molecule has 0 radical (unpaired) electrons. The summed E-state index contributed by atoms with van der Waals surface area (Å²) in [5.74, 6) is 0.0656. The van der Waals surface area contributed by atoms with E-state index in [2.05, 4.69) is 22.1 Å². The minimum absolute atomic E-state index is 0.0656. The third kappa shape index (κ3) is 3.12. The van der Waals surface area contributed by atoms with Crippen molar-refractivity contribution >= 4 is 17.2 Å². The van der Waals surface area contributed by atoms with Crippen molar-refractivity contribution in [3.8, 4) is 0 Å². The van der Waals surface area contributed by atoms with E-state index in [4.69, 9.17) is 0 Å². The SMILES string of the molecule is CCCc1nc(C(=O)N2CCC(n3cnnc3)CC2)cs1. The molecule has 21 heavy (non-hydrogen) atoms. The molecule has 6 nitrogen and oxygen atoms in total. The number of carbonyl (C=O) groups is 1. The van der Waals surface area contributed by atoms with Crippen LogP contribution in [0.3, 0.4) is 0 Å². The number of piperidine rings is 1. The van der Waals surface area contributed by atoms with E-state index in [9.17, 15) is 4.79 Å². The Labute approximate surface area is 127 Å². The molecule has 1 amide bonds. The minimum Gasteiger partial charge on any atom is -0.337 e. The zero-order valence-electron chi connectivity index (χ0n) is 12.1. The molecule has 0 atom stereocenters. The molecular formula is C14H19N5OS. The summed E-state index contributed by atoms with van der Waals surface area (Å²) in [7, 11) is 0. The summed E-state index contributed by atoms with van der Waals surface area (Å²) in [4.78, 5) is 18.8. The highest BCUT2D eigenvalue weighted by Crippen LogP contribution is 2.23. The van der Waals surface area contributed by atoms with Gasteiger partial charge in [-0.3, -0.25) is 4.79 Å². The van der Waals surface area contributed by atoms with Crippen LogP contribution in [0.15, 0.2) is 18.0 Å². The van der Waals surface area contributed by atoms with Gasteiger partial charge in [0.15, 0.2) is 0 Å². The van der Waals surface area contributed by atoms with Crippen LogP contribution in [0, 0.1) is 0 Å². The third-order valence-corrected chi connectivity index (χ3v) is 4.75. The van der Waals surface area contributed by atoms with E-state index in [1.165, 1.54) is 0 Å². The lowest BCUT2D eigenvalue weighted by atomic mass is 10.0. The number of amides is 1. The number of likely N-dealkylation sites (tertiary alicyclic amines) is 1. The second-order valence-electron chi connectivity index (χ2n) is 5.31. The Hall–Kier alpha value is -1.76. The quantitative estimate of drug-likeness (QED) is 0.868. The summed E-state index contributed by atoms with van der Waals surface area (Å²) in [6, 6.07) is 0.398. The van der Waals surface area contributed by atoms with E-state index in [-0.39, 0.29) is 5.91 Å². The molecule has 1 fully saturated rings. The molecule has 2 aromatic heterocycles. The normalized spacial score (nSPS) is 16.3. The Morgan fingerprint density at radius 2 is 2.05 bits per heavy atom. The summed E-state index contributed by atoms with van der Waals surface area (Å²) in [5.41, 5.74) is 0.603. The average Bonchev–Trinajstić information content (AvgIpc) is 3.19. The van der Waals surface area contributed by atoms with Crippen molar-refractivity contribution in [3.63, 3.8) is 0 Å². The molecule has 1 aliphatic heterocycles. The summed E-state index contributed by atoms with van der Waals surface area (Å²) in [6.45, 7) is 3.66. The number of aryl methyl sites for hydroxylation is 1. The van der Waals surface area contributed by atoms with E-state index in [0.29, 0.717) is 11.7 Å². The van der Waals surface area contributed by atoms with Crippen LogP contribution in [0.25, 0.3) is 0 Å². The van der Waals surface area contributed by atoms with Gasteiger partial charge in [0.25, 0.3) is 5.91 Å². The van der Waals surface area contributed by atoms with Crippen molar-refractivity contribution in [2.75, 3.05) is 13.1 Å². The number of rotatable bonds is 4. The van der Waals surface area contributed by atoms with E-state index >= 15 is 0 Å². The first-order valence-corrected chi connectivity index (χ1v) is 8.23. The number of carbonyl (C=O) groups excluding carboxylic acids is 1. The highest BCUT2D eigenvalue weighted by Gasteiger charge is 2.25. The zero-order chi connectivity index (χ0) is 14.7. The lowest BCUT2D eigenvalue weighted by Gasteiger charge is -2.31. The molecule has 1 aliphatic rings. The maximum Gasteiger partial charge on any atom is 0.273 e. The first kappa shape index (κ1) is 14.2. The predicted octanol–water partition coefficient (Wildman–Crippen LogP) is 2.16. The second-order valence-corrected chi connectivity index (χ2v) is 6.25. The molecule has 0 bridgehead atoms. The molecular weight excluding hydrogens is 286 g/mol. The standard InChI is InChI=1S/C14H19N5OS/c1-2-3-13-17-12(8-21-13)14(20)18-6-4-11(5-7-18)19-9-15-16-10-19/h8-11H,2-7H2,1H3. The van der Waals surface area contributed by atoms with Gasteiger partial charge in [-0.15, -0.1) is 21.5 Å². The fraction of sp³-hybridized carbons (Fsp3) is 0.571. The number of aromatic nitrogens is 4. The Morgan fingerprint density at radius 1 is 1.33 bits per heavy atom. The molecule has 2 aromatic rings. The topological polar surface area (TPSA) is 63.9 Å². The molecule has 7 heteroatoms. The first-order valence-electron chi connectivity index (χ1n) is 7.35. The summed E-state index contributed by atoms with van der Waals surface area (Å²) >= 11 is 1.59. The van der Waals surface area contributed by atoms with Crippen molar-refractivity contribution in [1.29, 1.82) is 0 Å². The smallest absolute Gasteiger partial charge is 0.273 e. The zero-order valence-corrected chi connectivity index (χ0v) is 12.9. The maximum absolute atomic E-state index is 12.4. The van der Waals surface area contributed by atoms with Gasteiger partial charge in [0, 0.05) is 24.5 Å². The van der Waals surface area contributed by atoms with Gasteiger partial charge in [-0.1, -0.05) is 6.92 Å². The van der Waals surface area contributed by atoms with Crippen LogP contribution in [0.4, 0.5) is 0 Å². The average molecular weight is 305 g/mol. The van der Waals surface area contributed by atoms with Crippen LogP contribution in [0.1, 0.15) is 47.7 Å². The van der Waals surface area contributed by atoms with Gasteiger partial charge in [0.2, 0.25) is 0 Å². The first-order chi connectivity index (χ1) is 10.3. The van der Waals surface area contributed by atoms with Gasteiger partial charge in [-0.2, -0.15) is 0 Å². The summed E-state index contributed by atoms with van der Waals surface area (Å²) in [5, 5.41) is 10.6. The number of nitrogens with zero attached hydrogens (tertiary/aromatic N) is 5. The fourth-order valence-corrected chi connectivity index (χ4v) is 3.54. The minimum atomic E-state index is 0.0656. The highest BCUT2D eigenvalue weighted by molar-refractivity contribution is 7.09. The number of thiazole rings is 1. The van der Waals surface area contributed by atoms with Gasteiger partial charge in [0.1, 0.15) is 18.3 Å². The van der Waals surface area contributed by atoms with Gasteiger partial charge < -0.3 is 9.47 Å². The maximum atomic E-state index is 12.4. The van der Waals surface area contributed by atoms with E-state index in [1.807, 2.05) is 14.8 Å². The molecule has 0 spiro atoms. The number of hydrogen-bond acceptors (Lipinski definition) is 5. The molecule has 0 N–H and O–H groups in total. The van der Waals surface area contributed by atoms with Crippen LogP contribution in [0.5, 0.6) is 0 Å². The molecule has 0 saturated carbocycles. The molecule has 1 saturated heterocycles. The Kier molecular flexibility index (Phi) is 4.28. The fourth-order valence-electron chi connectivity index (χ4n) is 2.66. The molecule has 3 rings (SSSR count). The Bertz CT molecular complexity index is 586. The Morgan fingerprint density at radius 3 is 2.71 bits per heavy atom. The van der Waals surface area contributed by atoms with Crippen molar-refractivity contribution in [2.45, 2.75) is 38.6 Å². The van der Waals surface area contributed by atoms with E-state index < -0.39 is 0 Å². The lowest BCUT2D eigenvalue weighted by molar-refractivity contribution is 0.0689. The lowest BCUT2D eigenvalue weighted by Crippen LogP contribution is -2.39. The van der Waals surface area contributed by atoms with Gasteiger partial charge in [-0.05, 0) is 25.7 Å². The monoisotopic (exact) mass is 305 g/mol. The predicted molar refractivity (Wildman–Crippen MR) is 80.3 cm³/mol. The van der Waals surface area contributed by atoms with Crippen molar-refractivity contribution in [2.24, 2.45) is 0 Å². The van der Waals surface area contributed by atoms with Crippen LogP contribution in [-0.2, 0) is 6.42 Å². The van der Waals surface area contributed by atoms with Crippen molar-refractivity contribution in [3.05, 3.63) is 28.7 Å². The van der Waals surface area contributed by atoms with Gasteiger partial charge >= 0.3 is 0 Å². The van der Waals surface area contributed by atoms with Gasteiger partial charge in [-0.25, -0.2) is 4.98 Å². The van der Waals surface area contributed by atoms with Crippen LogP contribution in [0.2, 0.25) is 0 Å². The third-order valence-electron chi connectivity index (χ3n) is 3.84. The largest absolute Gasteiger partial charge is 0.337 e. The van der Waals surface area contributed by atoms with E-state index in [0.717, 1.165) is 43.8 Å². The number of hydrogen-bond donors (Lipinski definition) is 0. The molecule has 112 valence electrons. The molecule has 0 unspecified atom stereocenters. The van der Waals surface area contributed by atoms with Crippen LogP contribution in [-0.4, -0.2) is 43.6 Å². The molecule has 3 heterocycles. The van der Waals surface area contributed by atoms with E-state index in [1.54, 1.807) is 24.0 Å². The molecule has 0 aromatic carbocycles. The van der Waals surface area contributed by atoms with Gasteiger partial charge in [0.05, 0.1) is 5.01 Å². The highest BCUT2D eigenvalue weighted by atomic mass is 32.1. The summed E-state index contributed by atoms with van der Waals surface area (Å²) < 4.78 is 2.03. The molecule has 0 aliphatic carbocycles. The van der Waals surface area contributed by atoms with Crippen molar-refractivity contribution in [1.82, 2.24) is 24.6 Å². The van der Waals surface area contributed by atoms with Crippen molar-refractivity contribution < 1.29 is 4.79 Å². The second kappa shape index (κ2) is 6.34. The Balaban J connectivity index is 1.59. The van der Waals surface area contributed by atoms with Crippen LogP contribution >= 0.6 is 11.3 Å².